The van der Waals surface area contributed by atoms with Gasteiger partial charge in [0.25, 0.3) is 5.91 Å². The van der Waals surface area contributed by atoms with Crippen LogP contribution in [-0.4, -0.2) is 50.6 Å². The SMILES string of the molecule is COc1ccc(OC)c([C@H]2CN(C(=O)c3ccc(Cl)cc3Cl)C[C@@H]2C(=O)NCCC(C)C)c1. The molecule has 1 N–H and O–H groups in total. The van der Waals surface area contributed by atoms with Crippen molar-refractivity contribution in [3.63, 3.8) is 0 Å². The smallest absolute Gasteiger partial charge is 0.255 e. The van der Waals surface area contributed by atoms with Crippen LogP contribution < -0.4 is 14.8 Å². The van der Waals surface area contributed by atoms with Crippen LogP contribution in [0.5, 0.6) is 11.5 Å². The lowest BCUT2D eigenvalue weighted by atomic mass is 9.87. The molecule has 0 bridgehead atoms. The van der Waals surface area contributed by atoms with Gasteiger partial charge in [-0.25, -0.2) is 0 Å². The first kappa shape index (κ1) is 25.2. The van der Waals surface area contributed by atoms with E-state index in [1.54, 1.807) is 37.3 Å². The lowest BCUT2D eigenvalue weighted by molar-refractivity contribution is -0.124. The summed E-state index contributed by atoms with van der Waals surface area (Å²) in [5, 5.41) is 3.79. The summed E-state index contributed by atoms with van der Waals surface area (Å²) >= 11 is 12.3. The van der Waals surface area contributed by atoms with Gasteiger partial charge in [0.2, 0.25) is 5.91 Å². The zero-order valence-electron chi connectivity index (χ0n) is 19.4. The van der Waals surface area contributed by atoms with Crippen LogP contribution in [0, 0.1) is 11.8 Å². The maximum absolute atomic E-state index is 13.3. The molecule has 0 radical (unpaired) electrons. The Bertz CT molecular complexity index is 1010. The normalized spacial score (nSPS) is 17.8. The molecule has 1 fully saturated rings. The average molecular weight is 493 g/mol. The number of carbonyl (C=O) groups excluding carboxylic acids is 2. The van der Waals surface area contributed by atoms with Gasteiger partial charge < -0.3 is 19.7 Å². The third-order valence-electron chi connectivity index (χ3n) is 5.96. The molecule has 0 spiro atoms. The van der Waals surface area contributed by atoms with Crippen molar-refractivity contribution >= 4 is 35.0 Å². The molecule has 3 rings (SSSR count). The highest BCUT2D eigenvalue weighted by atomic mass is 35.5. The number of hydrogen-bond acceptors (Lipinski definition) is 4. The first-order valence-corrected chi connectivity index (χ1v) is 11.7. The maximum Gasteiger partial charge on any atom is 0.255 e. The number of ether oxygens (including phenoxy) is 2. The number of hydrogen-bond donors (Lipinski definition) is 1. The maximum atomic E-state index is 13.3. The lowest BCUT2D eigenvalue weighted by Crippen LogP contribution is -2.36. The molecule has 2 aromatic carbocycles. The highest BCUT2D eigenvalue weighted by molar-refractivity contribution is 6.36. The molecule has 33 heavy (non-hydrogen) atoms. The number of nitrogens with zero attached hydrogens (tertiary/aromatic N) is 1. The highest BCUT2D eigenvalue weighted by Gasteiger charge is 2.42. The Labute approximate surface area is 205 Å². The van der Waals surface area contributed by atoms with Crippen LogP contribution in [0.4, 0.5) is 0 Å². The van der Waals surface area contributed by atoms with Crippen molar-refractivity contribution in [1.29, 1.82) is 0 Å². The summed E-state index contributed by atoms with van der Waals surface area (Å²) in [7, 11) is 3.18. The van der Waals surface area contributed by atoms with E-state index < -0.39 is 5.92 Å². The summed E-state index contributed by atoms with van der Waals surface area (Å²) < 4.78 is 11.0. The number of rotatable bonds is 8. The van der Waals surface area contributed by atoms with E-state index in [-0.39, 0.29) is 29.3 Å². The molecule has 0 aliphatic carbocycles. The number of nitrogens with one attached hydrogen (secondary N) is 1. The summed E-state index contributed by atoms with van der Waals surface area (Å²) in [6.07, 6.45) is 0.884. The zero-order valence-corrected chi connectivity index (χ0v) is 20.9. The summed E-state index contributed by atoms with van der Waals surface area (Å²) in [5.41, 5.74) is 1.19. The third kappa shape index (κ3) is 5.92. The van der Waals surface area contributed by atoms with E-state index in [0.717, 1.165) is 12.0 Å². The van der Waals surface area contributed by atoms with E-state index in [2.05, 4.69) is 19.2 Å². The fourth-order valence-corrected chi connectivity index (χ4v) is 4.62. The monoisotopic (exact) mass is 492 g/mol. The Balaban J connectivity index is 1.93. The molecule has 6 nitrogen and oxygen atoms in total. The van der Waals surface area contributed by atoms with Gasteiger partial charge in [0.1, 0.15) is 11.5 Å². The molecule has 1 aliphatic heterocycles. The lowest BCUT2D eigenvalue weighted by Gasteiger charge is -2.21. The van der Waals surface area contributed by atoms with Gasteiger partial charge in [0, 0.05) is 36.1 Å². The van der Waals surface area contributed by atoms with Crippen LogP contribution in [0.2, 0.25) is 10.0 Å². The molecular formula is C25H30Cl2N2O4. The Morgan fingerprint density at radius 1 is 1.09 bits per heavy atom. The van der Waals surface area contributed by atoms with E-state index >= 15 is 0 Å². The van der Waals surface area contributed by atoms with Crippen molar-refractivity contribution in [2.24, 2.45) is 11.8 Å². The van der Waals surface area contributed by atoms with E-state index in [9.17, 15) is 9.59 Å². The van der Waals surface area contributed by atoms with Crippen molar-refractivity contribution in [1.82, 2.24) is 10.2 Å². The van der Waals surface area contributed by atoms with Crippen molar-refractivity contribution in [3.8, 4) is 11.5 Å². The van der Waals surface area contributed by atoms with Crippen LogP contribution in [0.1, 0.15) is 42.1 Å². The van der Waals surface area contributed by atoms with Gasteiger partial charge in [0.05, 0.1) is 30.7 Å². The van der Waals surface area contributed by atoms with Gasteiger partial charge in [-0.05, 0) is 48.7 Å². The van der Waals surface area contributed by atoms with Crippen LogP contribution in [0.3, 0.4) is 0 Å². The van der Waals surface area contributed by atoms with Crippen molar-refractivity contribution in [2.45, 2.75) is 26.2 Å². The number of carbonyl (C=O) groups is 2. The molecule has 8 heteroatoms. The van der Waals surface area contributed by atoms with Gasteiger partial charge in [-0.1, -0.05) is 37.0 Å². The second kappa shape index (κ2) is 11.1. The van der Waals surface area contributed by atoms with Crippen molar-refractivity contribution in [2.75, 3.05) is 33.9 Å². The molecular weight excluding hydrogens is 463 g/mol. The second-order valence-electron chi connectivity index (χ2n) is 8.63. The number of benzene rings is 2. The van der Waals surface area contributed by atoms with Crippen molar-refractivity contribution in [3.05, 3.63) is 57.6 Å². The van der Waals surface area contributed by atoms with Crippen LogP contribution in [-0.2, 0) is 4.79 Å². The molecule has 2 aromatic rings. The van der Waals surface area contributed by atoms with Gasteiger partial charge >= 0.3 is 0 Å². The minimum atomic E-state index is -0.437. The summed E-state index contributed by atoms with van der Waals surface area (Å²) in [5.74, 6) is 0.782. The fraction of sp³-hybridized carbons (Fsp3) is 0.440. The summed E-state index contributed by atoms with van der Waals surface area (Å²) in [6.45, 7) is 5.44. The van der Waals surface area contributed by atoms with Crippen LogP contribution in [0.25, 0.3) is 0 Å². The predicted octanol–water partition coefficient (Wildman–Crippen LogP) is 5.03. The first-order valence-electron chi connectivity index (χ1n) is 11.0. The van der Waals surface area contributed by atoms with Gasteiger partial charge in [-0.15, -0.1) is 0 Å². The fourth-order valence-electron chi connectivity index (χ4n) is 4.13. The van der Waals surface area contributed by atoms with E-state index in [4.69, 9.17) is 32.7 Å². The van der Waals surface area contributed by atoms with Gasteiger partial charge in [0.15, 0.2) is 0 Å². The quantitative estimate of drug-likeness (QED) is 0.560. The molecule has 1 heterocycles. The average Bonchev–Trinajstić information content (AvgIpc) is 3.23. The predicted molar refractivity (Wildman–Crippen MR) is 131 cm³/mol. The van der Waals surface area contributed by atoms with Gasteiger partial charge in [-0.2, -0.15) is 0 Å². The van der Waals surface area contributed by atoms with E-state index in [1.165, 1.54) is 0 Å². The molecule has 1 saturated heterocycles. The largest absolute Gasteiger partial charge is 0.497 e. The van der Waals surface area contributed by atoms with E-state index in [0.29, 0.717) is 41.1 Å². The van der Waals surface area contributed by atoms with Crippen LogP contribution in [0.15, 0.2) is 36.4 Å². The number of likely N-dealkylation sites (tertiary alicyclic amines) is 1. The summed E-state index contributed by atoms with van der Waals surface area (Å²) in [6, 6.07) is 10.3. The first-order chi connectivity index (χ1) is 15.7. The number of methoxy groups -OCH3 is 2. The molecule has 1 aliphatic rings. The minimum Gasteiger partial charge on any atom is -0.497 e. The Morgan fingerprint density at radius 2 is 1.85 bits per heavy atom. The molecule has 178 valence electrons. The van der Waals surface area contributed by atoms with Gasteiger partial charge in [-0.3, -0.25) is 9.59 Å². The molecule has 2 atom stereocenters. The minimum absolute atomic E-state index is 0.0805. The van der Waals surface area contributed by atoms with E-state index in [1.807, 2.05) is 18.2 Å². The molecule has 0 aromatic heterocycles. The standard InChI is InChI=1S/C25H30Cl2N2O4/c1-15(2)9-10-28-24(30)21-14-29(25(31)18-7-5-16(26)11-22(18)27)13-20(21)19-12-17(32-3)6-8-23(19)33-4/h5-8,11-12,15,20-21H,9-10,13-14H2,1-4H3,(H,28,30)/t20-,21+/m1/s1. The topological polar surface area (TPSA) is 67.9 Å². The van der Waals surface area contributed by atoms with Crippen LogP contribution >= 0.6 is 23.2 Å². The Kier molecular flexibility index (Phi) is 8.49. The Morgan fingerprint density at radius 3 is 2.48 bits per heavy atom. The third-order valence-corrected chi connectivity index (χ3v) is 6.51. The molecule has 0 saturated carbocycles. The zero-order chi connectivity index (χ0) is 24.1. The van der Waals surface area contributed by atoms with Crippen molar-refractivity contribution < 1.29 is 19.1 Å². The highest BCUT2D eigenvalue weighted by Crippen LogP contribution is 2.40. The Hall–Kier alpha value is -2.44. The summed E-state index contributed by atoms with van der Waals surface area (Å²) in [4.78, 5) is 28.2. The number of amides is 2. The second-order valence-corrected chi connectivity index (χ2v) is 9.47. The number of halogens is 2. The molecule has 2 amide bonds. The molecule has 0 unspecified atom stereocenters.